The Morgan fingerprint density at radius 1 is 1.25 bits per heavy atom. The van der Waals surface area contributed by atoms with Gasteiger partial charge < -0.3 is 15.2 Å². The lowest BCUT2D eigenvalue weighted by Crippen LogP contribution is -2.46. The molecular formula is C16H19NO3. The summed E-state index contributed by atoms with van der Waals surface area (Å²) in [6.45, 7) is 0.283. The molecule has 0 saturated heterocycles. The number of carbonyl (C=O) groups is 1. The summed E-state index contributed by atoms with van der Waals surface area (Å²) >= 11 is 0. The predicted octanol–water partition coefficient (Wildman–Crippen LogP) is 1.88. The number of hydrogen-bond acceptors (Lipinski definition) is 3. The lowest BCUT2D eigenvalue weighted by atomic mass is 9.92. The van der Waals surface area contributed by atoms with E-state index >= 15 is 0 Å². The van der Waals surface area contributed by atoms with Gasteiger partial charge in [0.25, 0.3) is 5.91 Å². The fraction of sp³-hybridized carbons (Fsp3) is 0.438. The van der Waals surface area contributed by atoms with Gasteiger partial charge in [-0.1, -0.05) is 31.0 Å². The van der Waals surface area contributed by atoms with Crippen LogP contribution < -0.4 is 10.1 Å². The molecule has 0 spiro atoms. The average Bonchev–Trinajstić information content (AvgIpc) is 2.49. The molecule has 3 rings (SSSR count). The molecule has 2 unspecified atom stereocenters. The van der Waals surface area contributed by atoms with Gasteiger partial charge in [-0.2, -0.15) is 0 Å². The molecule has 0 bridgehead atoms. The van der Waals surface area contributed by atoms with Gasteiger partial charge in [0.15, 0.2) is 0 Å². The lowest BCUT2D eigenvalue weighted by molar-refractivity contribution is -0.119. The van der Waals surface area contributed by atoms with Crippen molar-refractivity contribution in [3.05, 3.63) is 35.4 Å². The number of rotatable bonds is 2. The maximum absolute atomic E-state index is 12.3. The number of carbonyl (C=O) groups excluding carboxylic acids is 1. The zero-order chi connectivity index (χ0) is 13.9. The van der Waals surface area contributed by atoms with E-state index in [0.717, 1.165) is 37.0 Å². The number of para-hydroxylation sites is 1. The van der Waals surface area contributed by atoms with Crippen molar-refractivity contribution < 1.29 is 14.6 Å². The molecule has 106 valence electrons. The summed E-state index contributed by atoms with van der Waals surface area (Å²) in [5, 5.41) is 12.8. The van der Waals surface area contributed by atoms with Gasteiger partial charge in [0.2, 0.25) is 0 Å². The van der Waals surface area contributed by atoms with Gasteiger partial charge in [0, 0.05) is 5.56 Å². The maximum Gasteiger partial charge on any atom is 0.250 e. The summed E-state index contributed by atoms with van der Waals surface area (Å²) in [6, 6.07) is 7.53. The molecule has 1 aliphatic carbocycles. The summed E-state index contributed by atoms with van der Waals surface area (Å²) in [4.78, 5) is 12.3. The number of aliphatic hydroxyl groups excluding tert-OH is 1. The molecule has 1 saturated carbocycles. The van der Waals surface area contributed by atoms with Gasteiger partial charge in [-0.15, -0.1) is 0 Å². The van der Waals surface area contributed by atoms with Crippen LogP contribution in [0.15, 0.2) is 29.8 Å². The highest BCUT2D eigenvalue weighted by molar-refractivity contribution is 5.99. The highest BCUT2D eigenvalue weighted by Crippen LogP contribution is 2.26. The Kier molecular flexibility index (Phi) is 3.74. The Balaban J connectivity index is 1.70. The molecule has 0 radical (unpaired) electrons. The first-order valence-corrected chi connectivity index (χ1v) is 7.15. The van der Waals surface area contributed by atoms with Gasteiger partial charge in [0.05, 0.1) is 17.7 Å². The monoisotopic (exact) mass is 273 g/mol. The van der Waals surface area contributed by atoms with Crippen molar-refractivity contribution in [1.82, 2.24) is 5.32 Å². The standard InChI is InChI=1S/C16H19NO3/c18-14-7-3-2-6-13(14)17-16(19)12-9-11-5-1-4-8-15(11)20-10-12/h1,4-5,8-9,13-14,18H,2-3,6-7,10H2,(H,17,19). The van der Waals surface area contributed by atoms with E-state index in [9.17, 15) is 9.90 Å². The van der Waals surface area contributed by atoms with Crippen LogP contribution in [0.4, 0.5) is 0 Å². The second kappa shape index (κ2) is 5.67. The van der Waals surface area contributed by atoms with Gasteiger partial charge in [-0.05, 0) is 25.0 Å². The van der Waals surface area contributed by atoms with Crippen LogP contribution in [0.2, 0.25) is 0 Å². The highest BCUT2D eigenvalue weighted by Gasteiger charge is 2.26. The second-order valence-electron chi connectivity index (χ2n) is 5.43. The second-order valence-corrected chi connectivity index (χ2v) is 5.43. The number of aliphatic hydroxyl groups is 1. The van der Waals surface area contributed by atoms with Crippen molar-refractivity contribution in [3.63, 3.8) is 0 Å². The summed E-state index contributed by atoms with van der Waals surface area (Å²) in [6.07, 6.45) is 5.14. The highest BCUT2D eigenvalue weighted by atomic mass is 16.5. The molecule has 1 heterocycles. The van der Waals surface area contributed by atoms with Crippen LogP contribution >= 0.6 is 0 Å². The number of amides is 1. The van der Waals surface area contributed by atoms with Gasteiger partial charge in [0.1, 0.15) is 12.4 Å². The van der Waals surface area contributed by atoms with E-state index < -0.39 is 6.10 Å². The molecule has 1 amide bonds. The number of fused-ring (bicyclic) bond motifs is 1. The molecule has 20 heavy (non-hydrogen) atoms. The number of hydrogen-bond donors (Lipinski definition) is 2. The predicted molar refractivity (Wildman–Crippen MR) is 76.3 cm³/mol. The zero-order valence-corrected chi connectivity index (χ0v) is 11.3. The van der Waals surface area contributed by atoms with Crippen molar-refractivity contribution in [2.75, 3.05) is 6.61 Å². The summed E-state index contributed by atoms with van der Waals surface area (Å²) in [5.41, 5.74) is 1.54. The molecule has 1 aromatic rings. The third kappa shape index (κ3) is 2.70. The molecule has 4 heteroatoms. The summed E-state index contributed by atoms with van der Waals surface area (Å²) < 4.78 is 5.58. The van der Waals surface area contributed by atoms with Crippen LogP contribution in [0.3, 0.4) is 0 Å². The molecule has 0 aromatic heterocycles. The first-order chi connectivity index (χ1) is 9.74. The average molecular weight is 273 g/mol. The largest absolute Gasteiger partial charge is 0.488 e. The Hall–Kier alpha value is -1.81. The molecule has 2 N–H and O–H groups in total. The molecule has 4 nitrogen and oxygen atoms in total. The van der Waals surface area contributed by atoms with E-state index in [1.54, 1.807) is 0 Å². The number of ether oxygens (including phenoxy) is 1. The Bertz CT molecular complexity index is 538. The molecule has 2 atom stereocenters. The number of nitrogens with one attached hydrogen (secondary N) is 1. The van der Waals surface area contributed by atoms with Crippen LogP contribution in [-0.4, -0.2) is 29.8 Å². The SMILES string of the molecule is O=C(NC1CCCCC1O)C1=Cc2ccccc2OC1. The van der Waals surface area contributed by atoms with Crippen LogP contribution in [0.1, 0.15) is 31.2 Å². The zero-order valence-electron chi connectivity index (χ0n) is 11.3. The minimum atomic E-state index is -0.426. The fourth-order valence-electron chi connectivity index (χ4n) is 2.79. The smallest absolute Gasteiger partial charge is 0.250 e. The minimum Gasteiger partial charge on any atom is -0.488 e. The summed E-state index contributed by atoms with van der Waals surface area (Å²) in [7, 11) is 0. The van der Waals surface area contributed by atoms with E-state index in [1.807, 2.05) is 30.3 Å². The first kappa shape index (κ1) is 13.2. The first-order valence-electron chi connectivity index (χ1n) is 7.15. The Labute approximate surface area is 118 Å². The normalized spacial score (nSPS) is 25.1. The van der Waals surface area contributed by atoms with Gasteiger partial charge in [-0.25, -0.2) is 0 Å². The van der Waals surface area contributed by atoms with Crippen molar-refractivity contribution in [2.45, 2.75) is 37.8 Å². The van der Waals surface area contributed by atoms with E-state index in [1.165, 1.54) is 0 Å². The molecule has 1 aromatic carbocycles. The van der Waals surface area contributed by atoms with Gasteiger partial charge in [-0.3, -0.25) is 4.79 Å². The van der Waals surface area contributed by atoms with Gasteiger partial charge >= 0.3 is 0 Å². The summed E-state index contributed by atoms with van der Waals surface area (Å²) in [5.74, 6) is 0.673. The third-order valence-electron chi connectivity index (χ3n) is 3.97. The van der Waals surface area contributed by atoms with Crippen LogP contribution in [-0.2, 0) is 4.79 Å². The molecule has 1 fully saturated rings. The quantitative estimate of drug-likeness (QED) is 0.865. The van der Waals surface area contributed by atoms with E-state index in [0.29, 0.717) is 5.57 Å². The minimum absolute atomic E-state index is 0.130. The van der Waals surface area contributed by atoms with Crippen LogP contribution in [0.5, 0.6) is 5.75 Å². The van der Waals surface area contributed by atoms with E-state index in [4.69, 9.17) is 4.74 Å². The van der Waals surface area contributed by atoms with Crippen molar-refractivity contribution >= 4 is 12.0 Å². The van der Waals surface area contributed by atoms with Crippen LogP contribution in [0.25, 0.3) is 6.08 Å². The molecular weight excluding hydrogens is 254 g/mol. The fourth-order valence-corrected chi connectivity index (χ4v) is 2.79. The van der Waals surface area contributed by atoms with Crippen molar-refractivity contribution in [1.29, 1.82) is 0 Å². The topological polar surface area (TPSA) is 58.6 Å². The van der Waals surface area contributed by atoms with Crippen molar-refractivity contribution in [3.8, 4) is 5.75 Å². The molecule has 2 aliphatic rings. The third-order valence-corrected chi connectivity index (χ3v) is 3.97. The lowest BCUT2D eigenvalue weighted by Gasteiger charge is -2.29. The van der Waals surface area contributed by atoms with Crippen molar-refractivity contribution in [2.24, 2.45) is 0 Å². The Morgan fingerprint density at radius 3 is 2.90 bits per heavy atom. The van der Waals surface area contributed by atoms with E-state index in [-0.39, 0.29) is 18.6 Å². The van der Waals surface area contributed by atoms with Crippen LogP contribution in [0, 0.1) is 0 Å². The Morgan fingerprint density at radius 2 is 2.05 bits per heavy atom. The maximum atomic E-state index is 12.3. The number of benzene rings is 1. The molecule has 1 aliphatic heterocycles. The van der Waals surface area contributed by atoms with E-state index in [2.05, 4.69) is 5.32 Å².